The number of hydrogen-bond donors (Lipinski definition) is 1. The Bertz CT molecular complexity index is 246. The van der Waals surface area contributed by atoms with Gasteiger partial charge in [0.15, 0.2) is 17.3 Å². The SMILES string of the molecule is BCC(=O)c1nonc1N. The maximum atomic E-state index is 10.9. The van der Waals surface area contributed by atoms with Gasteiger partial charge in [0.2, 0.25) is 0 Å². The minimum atomic E-state index is -0.154. The first-order valence-corrected chi connectivity index (χ1v) is 2.87. The second kappa shape index (κ2) is 2.51. The molecule has 0 saturated heterocycles. The number of nitrogens with two attached hydrogens (primary N) is 1. The standard InChI is InChI=1S/C4H6BN3O2/c5-1-2(9)3-4(6)8-10-7-3/h1,5H2,(H2,6,8). The van der Waals surface area contributed by atoms with E-state index in [1.54, 1.807) is 7.85 Å². The van der Waals surface area contributed by atoms with Gasteiger partial charge in [0.05, 0.1) is 0 Å². The molecule has 1 heterocycles. The second-order valence-electron chi connectivity index (χ2n) is 1.77. The maximum Gasteiger partial charge on any atom is 0.199 e. The number of anilines is 1. The number of nitrogens with zero attached hydrogens (tertiary/aromatic N) is 2. The van der Waals surface area contributed by atoms with Crippen LogP contribution in [0.4, 0.5) is 5.82 Å². The Morgan fingerprint density at radius 2 is 2.40 bits per heavy atom. The van der Waals surface area contributed by atoms with Crippen molar-refractivity contribution in [3.63, 3.8) is 0 Å². The molecule has 1 aromatic heterocycles. The maximum absolute atomic E-state index is 10.9. The molecule has 0 aliphatic rings. The van der Waals surface area contributed by atoms with E-state index in [-0.39, 0.29) is 17.3 Å². The fraction of sp³-hybridized carbons (Fsp3) is 0.250. The molecule has 0 saturated carbocycles. The number of rotatable bonds is 2. The fourth-order valence-electron chi connectivity index (χ4n) is 0.556. The molecular weight excluding hydrogens is 133 g/mol. The highest BCUT2D eigenvalue weighted by Gasteiger charge is 2.12. The van der Waals surface area contributed by atoms with Crippen LogP contribution in [0.1, 0.15) is 10.5 Å². The number of carbonyl (C=O) groups is 1. The van der Waals surface area contributed by atoms with Crippen molar-refractivity contribution in [1.82, 2.24) is 10.3 Å². The molecule has 0 atom stereocenters. The van der Waals surface area contributed by atoms with Crippen LogP contribution in [0.25, 0.3) is 0 Å². The Kier molecular flexibility index (Phi) is 1.70. The monoisotopic (exact) mass is 139 g/mol. The first kappa shape index (κ1) is 6.79. The van der Waals surface area contributed by atoms with E-state index in [0.29, 0.717) is 6.32 Å². The van der Waals surface area contributed by atoms with Gasteiger partial charge < -0.3 is 5.73 Å². The van der Waals surface area contributed by atoms with Crippen LogP contribution in [0.15, 0.2) is 4.63 Å². The normalized spacial score (nSPS) is 9.60. The molecular formula is C4H6BN3O2. The number of nitrogen functional groups attached to an aromatic ring is 1. The lowest BCUT2D eigenvalue weighted by Gasteiger charge is -1.86. The fourth-order valence-corrected chi connectivity index (χ4v) is 0.556. The van der Waals surface area contributed by atoms with Crippen molar-refractivity contribution in [1.29, 1.82) is 0 Å². The molecule has 1 rings (SSSR count). The molecule has 2 N–H and O–H groups in total. The van der Waals surface area contributed by atoms with Gasteiger partial charge in [-0.15, -0.1) is 0 Å². The Hall–Kier alpha value is -1.33. The number of Topliss-reactive ketones (excluding diaryl/α,β-unsaturated/α-hetero) is 1. The summed E-state index contributed by atoms with van der Waals surface area (Å²) in [6.45, 7) is 0. The summed E-state index contributed by atoms with van der Waals surface area (Å²) in [4.78, 5) is 10.9. The van der Waals surface area contributed by atoms with E-state index in [1.165, 1.54) is 0 Å². The van der Waals surface area contributed by atoms with Crippen LogP contribution >= 0.6 is 0 Å². The van der Waals surface area contributed by atoms with E-state index in [1.807, 2.05) is 0 Å². The minimum absolute atomic E-state index is 0.0619. The van der Waals surface area contributed by atoms with Crippen molar-refractivity contribution < 1.29 is 9.42 Å². The van der Waals surface area contributed by atoms with Crippen LogP contribution in [0.3, 0.4) is 0 Å². The molecule has 0 spiro atoms. The molecule has 0 aliphatic carbocycles. The van der Waals surface area contributed by atoms with E-state index in [4.69, 9.17) is 5.73 Å². The zero-order valence-electron chi connectivity index (χ0n) is 5.50. The number of hydrogen-bond acceptors (Lipinski definition) is 5. The van der Waals surface area contributed by atoms with Gasteiger partial charge in [-0.05, 0) is 16.6 Å². The first-order valence-electron chi connectivity index (χ1n) is 2.87. The molecule has 52 valence electrons. The van der Waals surface area contributed by atoms with Crippen molar-refractivity contribution >= 4 is 19.4 Å². The van der Waals surface area contributed by atoms with E-state index < -0.39 is 0 Å². The Balaban J connectivity index is 2.93. The Morgan fingerprint density at radius 1 is 1.70 bits per heavy atom. The van der Waals surface area contributed by atoms with Crippen LogP contribution in [-0.4, -0.2) is 23.9 Å². The molecule has 0 fully saturated rings. The summed E-state index contributed by atoms with van der Waals surface area (Å²) in [6, 6.07) is 0. The molecule has 1 aromatic rings. The smallest absolute Gasteiger partial charge is 0.199 e. The summed E-state index contributed by atoms with van der Waals surface area (Å²) >= 11 is 0. The van der Waals surface area contributed by atoms with E-state index >= 15 is 0 Å². The lowest BCUT2D eigenvalue weighted by molar-refractivity contribution is 0.100. The average molecular weight is 139 g/mol. The molecule has 0 aromatic carbocycles. The first-order chi connectivity index (χ1) is 4.75. The molecule has 5 nitrogen and oxygen atoms in total. The minimum Gasteiger partial charge on any atom is -0.379 e. The van der Waals surface area contributed by atoms with Crippen LogP contribution in [0.5, 0.6) is 0 Å². The molecule has 0 aliphatic heterocycles. The van der Waals surface area contributed by atoms with Crippen LogP contribution in [-0.2, 0) is 0 Å². The quantitative estimate of drug-likeness (QED) is 0.414. The summed E-state index contributed by atoms with van der Waals surface area (Å²) in [5.74, 6) is -0.0920. The van der Waals surface area contributed by atoms with Gasteiger partial charge >= 0.3 is 0 Å². The van der Waals surface area contributed by atoms with Crippen LogP contribution < -0.4 is 5.73 Å². The number of ketones is 1. The van der Waals surface area contributed by atoms with Crippen molar-refractivity contribution in [2.45, 2.75) is 6.32 Å². The van der Waals surface area contributed by atoms with Gasteiger partial charge in [-0.25, -0.2) is 4.63 Å². The van der Waals surface area contributed by atoms with Gasteiger partial charge in [-0.3, -0.25) is 4.79 Å². The zero-order valence-corrected chi connectivity index (χ0v) is 5.50. The number of carbonyl (C=O) groups excluding carboxylic acids is 1. The topological polar surface area (TPSA) is 82.0 Å². The summed E-state index contributed by atoms with van der Waals surface area (Å²) < 4.78 is 4.22. The third-order valence-electron chi connectivity index (χ3n) is 1.10. The van der Waals surface area contributed by atoms with Crippen molar-refractivity contribution in [2.75, 3.05) is 5.73 Å². The van der Waals surface area contributed by atoms with Gasteiger partial charge in [-0.1, -0.05) is 0 Å². The molecule has 0 radical (unpaired) electrons. The predicted molar refractivity (Wildman–Crippen MR) is 36.4 cm³/mol. The van der Waals surface area contributed by atoms with Crippen LogP contribution in [0, 0.1) is 0 Å². The highest BCUT2D eigenvalue weighted by Crippen LogP contribution is 2.05. The largest absolute Gasteiger partial charge is 0.379 e. The highest BCUT2D eigenvalue weighted by molar-refractivity contribution is 6.24. The van der Waals surface area contributed by atoms with Gasteiger partial charge in [0.25, 0.3) is 0 Å². The van der Waals surface area contributed by atoms with E-state index in [9.17, 15) is 4.79 Å². The van der Waals surface area contributed by atoms with E-state index in [0.717, 1.165) is 0 Å². The lowest BCUT2D eigenvalue weighted by atomic mass is 9.99. The molecule has 0 amide bonds. The Labute approximate surface area is 58.0 Å². The van der Waals surface area contributed by atoms with Gasteiger partial charge in [-0.2, -0.15) is 0 Å². The molecule has 10 heavy (non-hydrogen) atoms. The summed E-state index contributed by atoms with van der Waals surface area (Å²) in [7, 11) is 1.72. The third kappa shape index (κ3) is 0.998. The zero-order chi connectivity index (χ0) is 7.56. The average Bonchev–Trinajstić information content (AvgIpc) is 2.34. The molecule has 0 unspecified atom stereocenters. The number of aromatic nitrogens is 2. The summed E-state index contributed by atoms with van der Waals surface area (Å²) in [5.41, 5.74) is 5.36. The van der Waals surface area contributed by atoms with Gasteiger partial charge in [0.1, 0.15) is 7.85 Å². The van der Waals surface area contributed by atoms with Crippen molar-refractivity contribution in [3.8, 4) is 0 Å². The van der Waals surface area contributed by atoms with E-state index in [2.05, 4.69) is 14.9 Å². The lowest BCUT2D eigenvalue weighted by Crippen LogP contribution is -2.01. The van der Waals surface area contributed by atoms with Gasteiger partial charge in [0, 0.05) is 0 Å². The summed E-state index contributed by atoms with van der Waals surface area (Å²) in [6.07, 6.45) is 0.360. The second-order valence-corrected chi connectivity index (χ2v) is 1.77. The predicted octanol–water partition coefficient (Wildman–Crippen LogP) is -1.11. The molecule has 0 bridgehead atoms. The van der Waals surface area contributed by atoms with Crippen molar-refractivity contribution in [3.05, 3.63) is 5.69 Å². The highest BCUT2D eigenvalue weighted by atomic mass is 16.6. The Morgan fingerprint density at radius 3 is 2.80 bits per heavy atom. The third-order valence-corrected chi connectivity index (χ3v) is 1.10. The summed E-state index contributed by atoms with van der Waals surface area (Å²) in [5, 5.41) is 6.58. The van der Waals surface area contributed by atoms with Crippen molar-refractivity contribution in [2.24, 2.45) is 0 Å². The van der Waals surface area contributed by atoms with Crippen LogP contribution in [0.2, 0.25) is 6.32 Å². The molecule has 6 heteroatoms.